The van der Waals surface area contributed by atoms with E-state index in [1.54, 1.807) is 21.3 Å². The third-order valence-electron chi connectivity index (χ3n) is 10.1. The Morgan fingerprint density at radius 3 is 0.578 bits per heavy atom. The molecular weight excluding hydrogens is 589 g/mol. The monoisotopic (exact) mass is 673 g/mol. The third-order valence-corrected chi connectivity index (χ3v) is 13.2. The highest BCUT2D eigenvalue weighted by Crippen LogP contribution is 2.20. The number of hydrogen-bond donors (Lipinski definition) is 1. The van der Waals surface area contributed by atoms with E-state index < -0.39 is 8.80 Å². The maximum Gasteiger partial charge on any atom is 0.500 e. The molecule has 0 radical (unpaired) electrons. The van der Waals surface area contributed by atoms with Crippen LogP contribution in [-0.2, 0) is 13.3 Å². The van der Waals surface area contributed by atoms with Gasteiger partial charge >= 0.3 is 8.80 Å². The van der Waals surface area contributed by atoms with E-state index in [4.69, 9.17) is 13.3 Å². The molecule has 0 unspecified atom stereocenters. The van der Waals surface area contributed by atoms with Gasteiger partial charge in [-0.1, -0.05) is 212 Å². The Morgan fingerprint density at radius 1 is 0.267 bits per heavy atom. The topological polar surface area (TPSA) is 27.7 Å². The molecule has 45 heavy (non-hydrogen) atoms. The molecule has 0 aliphatic heterocycles. The van der Waals surface area contributed by atoms with E-state index in [9.17, 15) is 0 Å². The van der Waals surface area contributed by atoms with Gasteiger partial charge in [-0.15, -0.1) is 0 Å². The summed E-state index contributed by atoms with van der Waals surface area (Å²) in [4.78, 5) is 0. The molecule has 0 saturated heterocycles. The molecule has 0 spiro atoms. The van der Waals surface area contributed by atoms with Gasteiger partial charge in [0.15, 0.2) is 0 Å². The zero-order chi connectivity index (χ0) is 32.8. The molecular formula is C40H84O3SSi. The lowest BCUT2D eigenvalue weighted by Crippen LogP contribution is -2.42. The van der Waals surface area contributed by atoms with Crippen LogP contribution in [0.5, 0.6) is 0 Å². The summed E-state index contributed by atoms with van der Waals surface area (Å²) in [5.74, 6) is 1.07. The Kier molecular flexibility index (Phi) is 39.3. The van der Waals surface area contributed by atoms with E-state index >= 15 is 0 Å². The summed E-state index contributed by atoms with van der Waals surface area (Å²) < 4.78 is 16.5. The van der Waals surface area contributed by atoms with Crippen molar-refractivity contribution in [3.63, 3.8) is 0 Å². The summed E-state index contributed by atoms with van der Waals surface area (Å²) in [6.45, 7) is 0. The summed E-state index contributed by atoms with van der Waals surface area (Å²) in [6.07, 6.45) is 50.3. The maximum absolute atomic E-state index is 5.50. The van der Waals surface area contributed by atoms with Gasteiger partial charge in [0.1, 0.15) is 0 Å². The van der Waals surface area contributed by atoms with Crippen molar-refractivity contribution >= 4 is 21.4 Å². The number of hydrogen-bond acceptors (Lipinski definition) is 4. The molecule has 0 N–H and O–H groups in total. The predicted octanol–water partition coefficient (Wildman–Crippen LogP) is 14.4. The first-order chi connectivity index (χ1) is 22.2. The smallest absolute Gasteiger partial charge is 0.377 e. The van der Waals surface area contributed by atoms with Crippen LogP contribution >= 0.6 is 12.6 Å². The fraction of sp³-hybridized carbons (Fsp3) is 1.00. The Morgan fingerprint density at radius 2 is 0.422 bits per heavy atom. The van der Waals surface area contributed by atoms with Crippen molar-refractivity contribution in [1.82, 2.24) is 0 Å². The van der Waals surface area contributed by atoms with Crippen molar-refractivity contribution in [2.45, 2.75) is 231 Å². The normalized spacial score (nSPS) is 12.0. The van der Waals surface area contributed by atoms with E-state index in [2.05, 4.69) is 12.6 Å². The van der Waals surface area contributed by atoms with Crippen molar-refractivity contribution in [3.8, 4) is 0 Å². The fourth-order valence-corrected chi connectivity index (χ4v) is 8.86. The summed E-state index contributed by atoms with van der Waals surface area (Å²) >= 11 is 4.29. The predicted molar refractivity (Wildman–Crippen MR) is 207 cm³/mol. The molecule has 5 heteroatoms. The SMILES string of the molecule is CO[Si](CCCCCCCCCCCCCCCCCCCCCCCCCCCCCCCCCCCCCS)(OC)OC. The largest absolute Gasteiger partial charge is 0.500 e. The zero-order valence-corrected chi connectivity index (χ0v) is 33.2. The summed E-state index contributed by atoms with van der Waals surface area (Å²) in [5.41, 5.74) is 0. The highest BCUT2D eigenvalue weighted by Gasteiger charge is 2.36. The molecule has 0 aromatic rings. The van der Waals surface area contributed by atoms with Gasteiger partial charge in [-0.3, -0.25) is 0 Å². The van der Waals surface area contributed by atoms with E-state index in [0.717, 1.165) is 18.2 Å². The fourth-order valence-electron chi connectivity index (χ4n) is 6.84. The van der Waals surface area contributed by atoms with Crippen LogP contribution < -0.4 is 0 Å². The van der Waals surface area contributed by atoms with Gasteiger partial charge < -0.3 is 13.3 Å². The van der Waals surface area contributed by atoms with Crippen LogP contribution in [0.25, 0.3) is 0 Å². The lowest BCUT2D eigenvalue weighted by molar-refractivity contribution is 0.122. The second-order valence-corrected chi connectivity index (χ2v) is 17.7. The average molecular weight is 673 g/mol. The maximum atomic E-state index is 5.50. The van der Waals surface area contributed by atoms with E-state index in [0.29, 0.717) is 0 Å². The van der Waals surface area contributed by atoms with Crippen molar-refractivity contribution < 1.29 is 13.3 Å². The molecule has 0 aliphatic carbocycles. The Hall–Kier alpha value is 0.447. The molecule has 0 fully saturated rings. The van der Waals surface area contributed by atoms with E-state index in [1.165, 1.54) is 218 Å². The highest BCUT2D eigenvalue weighted by molar-refractivity contribution is 7.80. The second kappa shape index (κ2) is 38.9. The number of thiol groups is 1. The molecule has 0 aliphatic rings. The minimum atomic E-state index is -2.35. The van der Waals surface area contributed by atoms with Crippen molar-refractivity contribution in [1.29, 1.82) is 0 Å². The van der Waals surface area contributed by atoms with Crippen LogP contribution in [0.4, 0.5) is 0 Å². The molecule has 272 valence electrons. The molecule has 0 amide bonds. The molecule has 0 aromatic carbocycles. The van der Waals surface area contributed by atoms with Crippen molar-refractivity contribution in [3.05, 3.63) is 0 Å². The highest BCUT2D eigenvalue weighted by atomic mass is 32.1. The molecule has 0 atom stereocenters. The van der Waals surface area contributed by atoms with Gasteiger partial charge in [-0.25, -0.2) is 0 Å². The molecule has 3 nitrogen and oxygen atoms in total. The van der Waals surface area contributed by atoms with Gasteiger partial charge in [-0.2, -0.15) is 12.6 Å². The molecule has 0 heterocycles. The van der Waals surface area contributed by atoms with Crippen LogP contribution in [0.3, 0.4) is 0 Å². The lowest BCUT2D eigenvalue weighted by atomic mass is 10.0. The van der Waals surface area contributed by atoms with Crippen LogP contribution in [0, 0.1) is 0 Å². The third kappa shape index (κ3) is 34.1. The first-order valence-corrected chi connectivity index (χ1v) is 23.1. The summed E-state index contributed by atoms with van der Waals surface area (Å²) in [6, 6.07) is 0.940. The Labute approximate surface area is 291 Å². The molecule has 0 bridgehead atoms. The standard InChI is InChI=1S/C40H84O3SSi/c1-41-45(42-2,43-3)40-38-36-34-32-30-28-26-24-22-20-18-16-14-12-10-8-6-4-5-7-9-11-13-15-17-19-21-23-25-27-29-31-33-35-37-39-44/h44H,4-40H2,1-3H3. The van der Waals surface area contributed by atoms with Crippen LogP contribution in [0.2, 0.25) is 6.04 Å². The molecule has 0 rings (SSSR count). The van der Waals surface area contributed by atoms with Crippen LogP contribution in [-0.4, -0.2) is 35.9 Å². The number of rotatable bonds is 40. The van der Waals surface area contributed by atoms with E-state index in [-0.39, 0.29) is 0 Å². The van der Waals surface area contributed by atoms with Gasteiger partial charge in [0.05, 0.1) is 0 Å². The summed E-state index contributed by atoms with van der Waals surface area (Å²) in [7, 11) is 2.79. The van der Waals surface area contributed by atoms with Gasteiger partial charge in [0.25, 0.3) is 0 Å². The zero-order valence-electron chi connectivity index (χ0n) is 31.3. The second-order valence-electron chi connectivity index (χ2n) is 14.1. The van der Waals surface area contributed by atoms with Crippen LogP contribution in [0.15, 0.2) is 0 Å². The van der Waals surface area contributed by atoms with Gasteiger partial charge in [0, 0.05) is 27.4 Å². The first-order valence-electron chi connectivity index (χ1n) is 20.5. The van der Waals surface area contributed by atoms with Crippen molar-refractivity contribution in [2.75, 3.05) is 27.1 Å². The van der Waals surface area contributed by atoms with Gasteiger partial charge in [0.2, 0.25) is 0 Å². The Balaban J connectivity index is 3.11. The summed E-state index contributed by atoms with van der Waals surface area (Å²) in [5, 5.41) is 0. The van der Waals surface area contributed by atoms with Crippen LogP contribution in [0.1, 0.15) is 225 Å². The van der Waals surface area contributed by atoms with Crippen molar-refractivity contribution in [2.24, 2.45) is 0 Å². The molecule has 0 saturated carbocycles. The first kappa shape index (κ1) is 45.4. The Bertz CT molecular complexity index is 523. The minimum absolute atomic E-state index is 0.940. The average Bonchev–Trinajstić information content (AvgIpc) is 3.06. The number of unbranched alkanes of at least 4 members (excludes halogenated alkanes) is 34. The molecule has 0 aromatic heterocycles. The quantitative estimate of drug-likeness (QED) is 0.0399. The van der Waals surface area contributed by atoms with E-state index in [1.807, 2.05) is 0 Å². The van der Waals surface area contributed by atoms with Gasteiger partial charge in [-0.05, 0) is 18.6 Å². The minimum Gasteiger partial charge on any atom is -0.377 e. The lowest BCUT2D eigenvalue weighted by Gasteiger charge is -2.24.